The van der Waals surface area contributed by atoms with Crippen LogP contribution in [0.25, 0.3) is 0 Å². The van der Waals surface area contributed by atoms with Gasteiger partial charge in [-0.2, -0.15) is 0 Å². The fraction of sp³-hybridized carbons (Fsp3) is 0.833. The van der Waals surface area contributed by atoms with Gasteiger partial charge in [0.15, 0.2) is 0 Å². The van der Waals surface area contributed by atoms with Crippen molar-refractivity contribution >= 4 is 41.0 Å². The number of aliphatic hydroxyl groups excluding tert-OH is 1. The summed E-state index contributed by atoms with van der Waals surface area (Å²) < 4.78 is 3.87. The molecule has 0 aromatic rings. The molecule has 3 unspecified atom stereocenters. The molecule has 0 aromatic carbocycles. The first-order valence-electron chi connectivity index (χ1n) is 9.53. The smallest absolute Gasteiger partial charge is 0.325 e. The number of esters is 1. The van der Waals surface area contributed by atoms with Crippen molar-refractivity contribution in [3.63, 3.8) is 0 Å². The third-order valence-electron chi connectivity index (χ3n) is 3.83. The average Bonchev–Trinajstić information content (AvgIpc) is 2.65. The number of nitrogens with zero attached hydrogens (tertiary/aromatic N) is 1. The molecule has 0 bridgehead atoms. The van der Waals surface area contributed by atoms with Crippen LogP contribution in [0.3, 0.4) is 0 Å². The number of ether oxygens (including phenoxy) is 1. The van der Waals surface area contributed by atoms with E-state index in [0.717, 1.165) is 0 Å². The second kappa shape index (κ2) is 12.5. The van der Waals surface area contributed by atoms with Crippen LogP contribution in [0.5, 0.6) is 0 Å². The maximum absolute atomic E-state index is 12.5. The van der Waals surface area contributed by atoms with Gasteiger partial charge in [0.05, 0.1) is 0 Å². The fourth-order valence-corrected chi connectivity index (χ4v) is 2.42. The van der Waals surface area contributed by atoms with E-state index in [2.05, 4.69) is 10.7 Å². The number of carbonyl (C=O) groups is 3. The number of aliphatic hydroxyl groups is 1. The third-order valence-corrected chi connectivity index (χ3v) is 4.05. The summed E-state index contributed by atoms with van der Waals surface area (Å²) in [5, 5.41) is 13.5. The standard InChI is InChI=1S/C16H27Cl2N3O5.C2H6/c1-9(2)12(22)13(23)19-10(3)14(24)21-7-5-6-11(20-21)15(25)26-8-16(4,17)18;1-2/h9-12,20,22H,5-8H2,1-4H3,(H,19,23);1-2H3. The number of alkyl halides is 2. The van der Waals surface area contributed by atoms with E-state index in [1.165, 1.54) is 18.9 Å². The normalized spacial score (nSPS) is 19.2. The minimum Gasteiger partial charge on any atom is -0.461 e. The van der Waals surface area contributed by atoms with E-state index in [-0.39, 0.29) is 12.5 Å². The summed E-state index contributed by atoms with van der Waals surface area (Å²) in [7, 11) is 0. The fourth-order valence-electron chi connectivity index (χ4n) is 2.31. The number of nitrogens with one attached hydrogen (secondary N) is 2. The number of hydrogen-bond donors (Lipinski definition) is 3. The Balaban J connectivity index is 0.00000352. The third kappa shape index (κ3) is 9.41. The molecule has 3 atom stereocenters. The zero-order chi connectivity index (χ0) is 22.1. The van der Waals surface area contributed by atoms with Gasteiger partial charge in [-0.25, -0.2) is 5.43 Å². The summed E-state index contributed by atoms with van der Waals surface area (Å²) in [6.45, 7) is 10.6. The Hall–Kier alpha value is -1.09. The number of hydrogen-bond acceptors (Lipinski definition) is 6. The predicted octanol–water partition coefficient (Wildman–Crippen LogP) is 1.77. The zero-order valence-electron chi connectivity index (χ0n) is 17.4. The van der Waals surface area contributed by atoms with E-state index in [1.807, 2.05) is 13.8 Å². The molecule has 0 aromatic heterocycles. The van der Waals surface area contributed by atoms with Crippen LogP contribution in [0.4, 0.5) is 0 Å². The molecule has 10 heteroatoms. The predicted molar refractivity (Wildman–Crippen MR) is 109 cm³/mol. The van der Waals surface area contributed by atoms with Crippen LogP contribution in [0.15, 0.2) is 0 Å². The Morgan fingerprint density at radius 1 is 1.29 bits per heavy atom. The summed E-state index contributed by atoms with van der Waals surface area (Å²) in [6.07, 6.45) is -0.105. The number of amides is 2. The Morgan fingerprint density at radius 3 is 2.36 bits per heavy atom. The highest BCUT2D eigenvalue weighted by atomic mass is 35.5. The topological polar surface area (TPSA) is 108 Å². The van der Waals surface area contributed by atoms with E-state index >= 15 is 0 Å². The summed E-state index contributed by atoms with van der Waals surface area (Å²) in [4.78, 5) is 36.4. The molecule has 1 aliphatic heterocycles. The van der Waals surface area contributed by atoms with Crippen molar-refractivity contribution in [2.24, 2.45) is 5.92 Å². The molecule has 1 rings (SSSR count). The zero-order valence-corrected chi connectivity index (χ0v) is 18.9. The van der Waals surface area contributed by atoms with Crippen LogP contribution in [-0.2, 0) is 19.1 Å². The van der Waals surface area contributed by atoms with Gasteiger partial charge in [0.25, 0.3) is 5.91 Å². The number of rotatable bonds is 7. The van der Waals surface area contributed by atoms with Gasteiger partial charge in [-0.15, -0.1) is 0 Å². The van der Waals surface area contributed by atoms with Crippen LogP contribution in [0, 0.1) is 5.92 Å². The monoisotopic (exact) mass is 441 g/mol. The second-order valence-electron chi connectivity index (χ2n) is 6.91. The molecule has 164 valence electrons. The lowest BCUT2D eigenvalue weighted by atomic mass is 10.1. The highest BCUT2D eigenvalue weighted by Gasteiger charge is 2.33. The SMILES string of the molecule is CC.CC(NC(=O)C(O)C(C)C)C(=O)N1CCCC(C(=O)OCC(C)(Cl)Cl)N1. The molecule has 1 saturated heterocycles. The van der Waals surface area contributed by atoms with Crippen molar-refractivity contribution < 1.29 is 24.2 Å². The number of carbonyl (C=O) groups excluding carboxylic acids is 3. The Bertz CT molecular complexity index is 526. The van der Waals surface area contributed by atoms with Crippen molar-refractivity contribution in [1.29, 1.82) is 0 Å². The summed E-state index contributed by atoms with van der Waals surface area (Å²) in [6, 6.07) is -1.56. The molecule has 1 fully saturated rings. The van der Waals surface area contributed by atoms with Gasteiger partial charge in [-0.1, -0.05) is 50.9 Å². The van der Waals surface area contributed by atoms with Crippen molar-refractivity contribution in [3.05, 3.63) is 0 Å². The molecular formula is C18H33Cl2N3O5. The Labute approximate surface area is 177 Å². The molecular weight excluding hydrogens is 409 g/mol. The molecule has 0 spiro atoms. The minimum atomic E-state index is -1.19. The molecule has 1 heterocycles. The number of halogens is 2. The van der Waals surface area contributed by atoms with Gasteiger partial charge in [-0.05, 0) is 32.6 Å². The number of hydrazine groups is 1. The lowest BCUT2D eigenvalue weighted by Crippen LogP contribution is -2.60. The van der Waals surface area contributed by atoms with E-state index in [1.54, 1.807) is 13.8 Å². The van der Waals surface area contributed by atoms with Crippen molar-refractivity contribution in [2.75, 3.05) is 13.2 Å². The van der Waals surface area contributed by atoms with E-state index in [9.17, 15) is 19.5 Å². The molecule has 8 nitrogen and oxygen atoms in total. The van der Waals surface area contributed by atoms with E-state index in [4.69, 9.17) is 27.9 Å². The maximum Gasteiger partial charge on any atom is 0.325 e. The largest absolute Gasteiger partial charge is 0.461 e. The molecule has 0 aliphatic carbocycles. The molecule has 0 radical (unpaired) electrons. The first-order valence-corrected chi connectivity index (χ1v) is 10.3. The molecule has 28 heavy (non-hydrogen) atoms. The van der Waals surface area contributed by atoms with Gasteiger partial charge < -0.3 is 15.2 Å². The van der Waals surface area contributed by atoms with Gasteiger partial charge in [-0.3, -0.25) is 19.4 Å². The van der Waals surface area contributed by atoms with E-state index < -0.39 is 40.3 Å². The lowest BCUT2D eigenvalue weighted by Gasteiger charge is -2.34. The summed E-state index contributed by atoms with van der Waals surface area (Å²) in [5.74, 6) is -1.84. The van der Waals surface area contributed by atoms with Gasteiger partial charge in [0, 0.05) is 6.54 Å². The maximum atomic E-state index is 12.5. The van der Waals surface area contributed by atoms with Crippen LogP contribution < -0.4 is 10.7 Å². The van der Waals surface area contributed by atoms with Crippen LogP contribution in [0.1, 0.15) is 54.4 Å². The summed E-state index contributed by atoms with van der Waals surface area (Å²) >= 11 is 11.6. The minimum absolute atomic E-state index is 0.166. The van der Waals surface area contributed by atoms with Crippen LogP contribution in [0.2, 0.25) is 0 Å². The Kier molecular flexibility index (Phi) is 12.0. The Morgan fingerprint density at radius 2 is 1.86 bits per heavy atom. The van der Waals surface area contributed by atoms with Gasteiger partial charge >= 0.3 is 5.97 Å². The molecule has 1 aliphatic rings. The molecule has 2 amide bonds. The highest BCUT2D eigenvalue weighted by Crippen LogP contribution is 2.20. The van der Waals surface area contributed by atoms with Crippen LogP contribution in [-0.4, -0.2) is 63.6 Å². The second-order valence-corrected chi connectivity index (χ2v) is 8.77. The first kappa shape index (κ1) is 26.9. The van der Waals surface area contributed by atoms with Crippen molar-refractivity contribution in [3.8, 4) is 0 Å². The van der Waals surface area contributed by atoms with Crippen LogP contribution >= 0.6 is 23.2 Å². The summed E-state index contributed by atoms with van der Waals surface area (Å²) in [5.41, 5.74) is 2.80. The quantitative estimate of drug-likeness (QED) is 0.410. The lowest BCUT2D eigenvalue weighted by molar-refractivity contribution is -0.153. The molecule has 3 N–H and O–H groups in total. The first-order chi connectivity index (χ1) is 12.9. The van der Waals surface area contributed by atoms with Gasteiger partial charge in [0.2, 0.25) is 5.91 Å². The molecule has 0 saturated carbocycles. The van der Waals surface area contributed by atoms with Gasteiger partial charge in [0.1, 0.15) is 29.1 Å². The van der Waals surface area contributed by atoms with Crippen molar-refractivity contribution in [2.45, 2.75) is 76.9 Å². The van der Waals surface area contributed by atoms with E-state index in [0.29, 0.717) is 19.4 Å². The highest BCUT2D eigenvalue weighted by molar-refractivity contribution is 6.48. The van der Waals surface area contributed by atoms with Crippen molar-refractivity contribution in [1.82, 2.24) is 15.8 Å². The average molecular weight is 442 g/mol.